The quantitative estimate of drug-likeness (QED) is 0.166. The van der Waals surface area contributed by atoms with Crippen LogP contribution in [-0.4, -0.2) is 34.5 Å². The number of carbonyl (C=O) groups excluding carboxylic acids is 1. The summed E-state index contributed by atoms with van der Waals surface area (Å²) in [6.07, 6.45) is 8.36. The summed E-state index contributed by atoms with van der Waals surface area (Å²) in [6, 6.07) is 24.4. The Hall–Kier alpha value is -6.09. The van der Waals surface area contributed by atoms with E-state index in [1.807, 2.05) is 60.7 Å². The van der Waals surface area contributed by atoms with Crippen molar-refractivity contribution < 1.29 is 18.7 Å². The number of pyridine rings is 3. The van der Waals surface area contributed by atoms with Crippen molar-refractivity contribution in [2.75, 3.05) is 20.0 Å². The minimum absolute atomic E-state index is 0.0110. The molecule has 3 aromatic heterocycles. The van der Waals surface area contributed by atoms with Gasteiger partial charge in [-0.15, -0.1) is 0 Å². The van der Waals surface area contributed by atoms with Crippen LogP contribution in [0.3, 0.4) is 0 Å². The van der Waals surface area contributed by atoms with Crippen molar-refractivity contribution in [3.63, 3.8) is 0 Å². The number of benzene rings is 3. The summed E-state index contributed by atoms with van der Waals surface area (Å²) in [5.74, 6) is 0.855. The van der Waals surface area contributed by atoms with Crippen LogP contribution in [-0.2, 0) is 13.0 Å². The summed E-state index contributed by atoms with van der Waals surface area (Å²) in [5, 5.41) is 0. The number of hydrogen-bond donors (Lipinski definition) is 1. The number of aromatic nitrogens is 3. The van der Waals surface area contributed by atoms with E-state index in [1.54, 1.807) is 49.8 Å². The number of ether oxygens (including phenoxy) is 2. The maximum absolute atomic E-state index is 13.7. The molecule has 0 unspecified atom stereocenters. The van der Waals surface area contributed by atoms with Crippen molar-refractivity contribution in [2.24, 2.45) is 0 Å². The molecular weight excluding hydrogens is 595 g/mol. The van der Waals surface area contributed by atoms with Crippen molar-refractivity contribution in [1.29, 1.82) is 0 Å². The van der Waals surface area contributed by atoms with Gasteiger partial charge in [-0.2, -0.15) is 0 Å². The number of nitrogen functional groups attached to an aromatic ring is 1. The van der Waals surface area contributed by atoms with E-state index in [0.717, 1.165) is 33.4 Å². The fourth-order valence-corrected chi connectivity index (χ4v) is 5.42. The molecule has 0 aliphatic heterocycles. The van der Waals surface area contributed by atoms with E-state index >= 15 is 0 Å². The van der Waals surface area contributed by atoms with Crippen molar-refractivity contribution in [1.82, 2.24) is 14.5 Å². The molecule has 3 aromatic carbocycles. The molecule has 47 heavy (non-hydrogen) atoms. The molecule has 0 amide bonds. The predicted octanol–water partition coefficient (Wildman–Crippen LogP) is 6.85. The first kappa shape index (κ1) is 30.9. The lowest BCUT2D eigenvalue weighted by Crippen LogP contribution is -2.21. The lowest BCUT2D eigenvalue weighted by Gasteiger charge is -2.13. The molecule has 0 bridgehead atoms. The zero-order valence-corrected chi connectivity index (χ0v) is 25.8. The molecule has 9 heteroatoms. The van der Waals surface area contributed by atoms with Crippen LogP contribution in [0.5, 0.6) is 11.5 Å². The Morgan fingerprint density at radius 1 is 0.766 bits per heavy atom. The molecule has 0 spiro atoms. The second-order valence-corrected chi connectivity index (χ2v) is 11.0. The van der Waals surface area contributed by atoms with Crippen LogP contribution in [0.4, 0.5) is 10.2 Å². The summed E-state index contributed by atoms with van der Waals surface area (Å²) in [5.41, 5.74) is 11.8. The number of halogens is 1. The average Bonchev–Trinajstić information content (AvgIpc) is 3.10. The van der Waals surface area contributed by atoms with Crippen LogP contribution < -0.4 is 20.6 Å². The molecule has 0 saturated carbocycles. The Balaban J connectivity index is 1.28. The van der Waals surface area contributed by atoms with E-state index in [0.29, 0.717) is 35.0 Å². The van der Waals surface area contributed by atoms with Gasteiger partial charge in [-0.1, -0.05) is 42.5 Å². The number of methoxy groups -OCH3 is 2. The largest absolute Gasteiger partial charge is 0.493 e. The minimum atomic E-state index is -0.410. The Bertz CT molecular complexity index is 2110. The molecular formula is C38H31FN4O4. The van der Waals surface area contributed by atoms with Crippen LogP contribution in [0.2, 0.25) is 0 Å². The highest BCUT2D eigenvalue weighted by atomic mass is 19.1. The highest BCUT2D eigenvalue weighted by Crippen LogP contribution is 2.35. The molecule has 0 fully saturated rings. The molecule has 8 nitrogen and oxygen atoms in total. The van der Waals surface area contributed by atoms with E-state index in [4.69, 9.17) is 15.2 Å². The number of anilines is 1. The fourth-order valence-electron chi connectivity index (χ4n) is 5.42. The molecule has 234 valence electrons. The van der Waals surface area contributed by atoms with E-state index in [1.165, 1.54) is 24.3 Å². The normalized spacial score (nSPS) is 10.9. The average molecular weight is 627 g/mol. The fraction of sp³-hybridized carbons (Fsp3) is 0.105. The van der Waals surface area contributed by atoms with Crippen molar-refractivity contribution in [2.45, 2.75) is 13.0 Å². The molecule has 0 aliphatic carbocycles. The van der Waals surface area contributed by atoms with Gasteiger partial charge in [0.2, 0.25) is 0 Å². The standard InChI is InChI=1S/C38H31FN4O4/c1-46-35-12-9-28(19-36(35)47-2)29-18-31(38(40)42-20-29)26-5-3-24(4-6-26)17-34(44)33-23-43(21-25-13-15-41-16-14-25)22-32(37(33)45)27-7-10-30(39)11-8-27/h3-16,18-20,22-23H,17,21H2,1-2H3,(H2,40,42). The van der Waals surface area contributed by atoms with Crippen LogP contribution in [0.1, 0.15) is 21.5 Å². The van der Waals surface area contributed by atoms with Gasteiger partial charge in [-0.05, 0) is 70.3 Å². The second-order valence-electron chi connectivity index (χ2n) is 11.0. The Kier molecular flexibility index (Phi) is 8.88. The van der Waals surface area contributed by atoms with Crippen molar-refractivity contribution in [3.05, 3.63) is 149 Å². The van der Waals surface area contributed by atoms with Crippen LogP contribution >= 0.6 is 0 Å². The topological polar surface area (TPSA) is 109 Å². The number of nitrogens with zero attached hydrogens (tertiary/aromatic N) is 3. The number of Topliss-reactive ketones (excluding diaryl/α,β-unsaturated/α-hetero) is 1. The zero-order valence-electron chi connectivity index (χ0n) is 25.8. The second kappa shape index (κ2) is 13.5. The lowest BCUT2D eigenvalue weighted by atomic mass is 9.97. The van der Waals surface area contributed by atoms with E-state index < -0.39 is 11.2 Å². The highest BCUT2D eigenvalue weighted by Gasteiger charge is 2.18. The maximum atomic E-state index is 13.7. The first-order valence-electron chi connectivity index (χ1n) is 14.8. The molecule has 6 rings (SSSR count). The number of nitrogens with two attached hydrogens (primary N) is 1. The Morgan fingerprint density at radius 3 is 2.13 bits per heavy atom. The summed E-state index contributed by atoms with van der Waals surface area (Å²) < 4.78 is 26.3. The van der Waals surface area contributed by atoms with Gasteiger partial charge in [0.1, 0.15) is 11.6 Å². The first-order chi connectivity index (χ1) is 22.8. The highest BCUT2D eigenvalue weighted by molar-refractivity contribution is 5.98. The monoisotopic (exact) mass is 626 g/mol. The first-order valence-corrected chi connectivity index (χ1v) is 14.8. The number of ketones is 1. The van der Waals surface area contributed by atoms with Gasteiger partial charge >= 0.3 is 0 Å². The van der Waals surface area contributed by atoms with Gasteiger partial charge in [-0.3, -0.25) is 14.6 Å². The maximum Gasteiger partial charge on any atom is 0.200 e. The molecule has 0 aliphatic rings. The number of hydrogen-bond acceptors (Lipinski definition) is 7. The minimum Gasteiger partial charge on any atom is -0.493 e. The Labute approximate surface area is 270 Å². The smallest absolute Gasteiger partial charge is 0.200 e. The SMILES string of the molecule is COc1ccc(-c2cnc(N)c(-c3ccc(CC(=O)c4cn(Cc5ccncc5)cc(-c5ccc(F)cc5)c4=O)cc3)c2)cc1OC. The van der Waals surface area contributed by atoms with Gasteiger partial charge in [0.15, 0.2) is 22.7 Å². The van der Waals surface area contributed by atoms with Gasteiger partial charge < -0.3 is 19.8 Å². The number of rotatable bonds is 10. The molecule has 3 heterocycles. The Morgan fingerprint density at radius 2 is 1.43 bits per heavy atom. The molecule has 0 radical (unpaired) electrons. The van der Waals surface area contributed by atoms with Gasteiger partial charge in [0.25, 0.3) is 0 Å². The number of carbonyl (C=O) groups is 1. The third-order valence-electron chi connectivity index (χ3n) is 7.91. The van der Waals surface area contributed by atoms with Gasteiger partial charge in [-0.25, -0.2) is 9.37 Å². The third-order valence-corrected chi connectivity index (χ3v) is 7.91. The van der Waals surface area contributed by atoms with E-state index in [9.17, 15) is 14.0 Å². The molecule has 0 atom stereocenters. The van der Waals surface area contributed by atoms with E-state index in [-0.39, 0.29) is 17.8 Å². The van der Waals surface area contributed by atoms with Crippen LogP contribution in [0.15, 0.2) is 121 Å². The van der Waals surface area contributed by atoms with Crippen molar-refractivity contribution >= 4 is 11.6 Å². The van der Waals surface area contributed by atoms with E-state index in [2.05, 4.69) is 9.97 Å². The zero-order chi connectivity index (χ0) is 32.9. The van der Waals surface area contributed by atoms with Crippen molar-refractivity contribution in [3.8, 4) is 44.9 Å². The van der Waals surface area contributed by atoms with Gasteiger partial charge in [0.05, 0.1) is 19.8 Å². The lowest BCUT2D eigenvalue weighted by molar-refractivity contribution is 0.0991. The van der Waals surface area contributed by atoms with Crippen LogP contribution in [0, 0.1) is 5.82 Å². The summed E-state index contributed by atoms with van der Waals surface area (Å²) in [4.78, 5) is 35.7. The van der Waals surface area contributed by atoms with Crippen LogP contribution in [0.25, 0.3) is 33.4 Å². The third kappa shape index (κ3) is 6.79. The molecule has 0 saturated heterocycles. The summed E-state index contributed by atoms with van der Waals surface area (Å²) in [6.45, 7) is 0.420. The summed E-state index contributed by atoms with van der Waals surface area (Å²) >= 11 is 0. The molecule has 6 aromatic rings. The van der Waals surface area contributed by atoms with Gasteiger partial charge in [0, 0.05) is 60.6 Å². The predicted molar refractivity (Wildman–Crippen MR) is 180 cm³/mol. The summed E-state index contributed by atoms with van der Waals surface area (Å²) in [7, 11) is 3.17. The molecule has 2 N–H and O–H groups in total.